The number of esters is 1. The highest BCUT2D eigenvalue weighted by Gasteiger charge is 2.54. The summed E-state index contributed by atoms with van der Waals surface area (Å²) in [7, 11) is 1.28. The number of rotatable bonds is 11. The SMILES string of the molecule is CCn1c2ccc(C(=O)/C(CCC(=O)OC)=N\OC(=O)Cc3ccccc3)cc2c2cc(C(=O)C34CC5CC(CC(C5)C3)C4)ccc21. The predicted molar refractivity (Wildman–Crippen MR) is 179 cm³/mol. The zero-order valence-electron chi connectivity index (χ0n) is 27.0. The number of carbonyl (C=O) groups is 4. The summed E-state index contributed by atoms with van der Waals surface area (Å²) >= 11 is 0. The van der Waals surface area contributed by atoms with E-state index in [9.17, 15) is 19.2 Å². The van der Waals surface area contributed by atoms with Gasteiger partial charge in [0.25, 0.3) is 0 Å². The highest BCUT2D eigenvalue weighted by Crippen LogP contribution is 2.61. The zero-order valence-corrected chi connectivity index (χ0v) is 27.0. The van der Waals surface area contributed by atoms with Crippen LogP contribution in [0.25, 0.3) is 21.8 Å². The van der Waals surface area contributed by atoms with Crippen molar-refractivity contribution in [3.05, 3.63) is 83.4 Å². The number of hydrogen-bond acceptors (Lipinski definition) is 7. The fraction of sp³-hybridized carbons (Fsp3) is 0.410. The number of fused-ring (bicyclic) bond motifs is 3. The van der Waals surface area contributed by atoms with E-state index < -0.39 is 17.7 Å². The highest BCUT2D eigenvalue weighted by atomic mass is 16.7. The maximum absolute atomic E-state index is 14.3. The van der Waals surface area contributed by atoms with Crippen LogP contribution in [0.5, 0.6) is 0 Å². The van der Waals surface area contributed by atoms with Gasteiger partial charge in [0, 0.05) is 51.3 Å². The first-order chi connectivity index (χ1) is 22.8. The highest BCUT2D eigenvalue weighted by molar-refractivity contribution is 6.46. The first-order valence-electron chi connectivity index (χ1n) is 16.8. The molecule has 0 radical (unpaired) electrons. The van der Waals surface area contributed by atoms with Crippen molar-refractivity contribution in [1.82, 2.24) is 4.57 Å². The molecule has 0 spiro atoms. The molecule has 1 aromatic heterocycles. The average molecular weight is 633 g/mol. The summed E-state index contributed by atoms with van der Waals surface area (Å²) in [6.45, 7) is 2.80. The number of aryl methyl sites for hydroxylation is 1. The third kappa shape index (κ3) is 5.90. The van der Waals surface area contributed by atoms with Crippen molar-refractivity contribution in [2.24, 2.45) is 28.3 Å². The van der Waals surface area contributed by atoms with Gasteiger partial charge in [0.2, 0.25) is 5.78 Å². The molecular weight excluding hydrogens is 592 g/mol. The summed E-state index contributed by atoms with van der Waals surface area (Å²) in [5.41, 5.74) is 3.53. The normalized spacial score (nSPS) is 23.3. The Bertz CT molecular complexity index is 1880. The fourth-order valence-electron chi connectivity index (χ4n) is 9.01. The Hall–Kier alpha value is -4.59. The van der Waals surface area contributed by atoms with Crippen LogP contribution < -0.4 is 0 Å². The molecule has 0 aliphatic heterocycles. The molecule has 0 amide bonds. The number of aromatic nitrogens is 1. The fourth-order valence-corrected chi connectivity index (χ4v) is 9.01. The Morgan fingerprint density at radius 1 is 0.787 bits per heavy atom. The molecule has 0 atom stereocenters. The van der Waals surface area contributed by atoms with Gasteiger partial charge >= 0.3 is 11.9 Å². The lowest BCUT2D eigenvalue weighted by Gasteiger charge is -2.56. The Morgan fingerprint density at radius 2 is 1.38 bits per heavy atom. The van der Waals surface area contributed by atoms with E-state index >= 15 is 0 Å². The van der Waals surface area contributed by atoms with Gasteiger partial charge in [0.05, 0.1) is 20.0 Å². The summed E-state index contributed by atoms with van der Waals surface area (Å²) < 4.78 is 6.97. The van der Waals surface area contributed by atoms with Gasteiger partial charge in [0.15, 0.2) is 5.78 Å². The van der Waals surface area contributed by atoms with Crippen LogP contribution >= 0.6 is 0 Å². The molecular formula is C39H40N2O6. The molecule has 8 rings (SSSR count). The zero-order chi connectivity index (χ0) is 32.7. The predicted octanol–water partition coefficient (Wildman–Crippen LogP) is 7.49. The third-order valence-electron chi connectivity index (χ3n) is 10.7. The minimum absolute atomic E-state index is 0.00436. The van der Waals surface area contributed by atoms with E-state index in [-0.39, 0.29) is 36.2 Å². The number of carbonyl (C=O) groups excluding carboxylic acids is 4. The summed E-state index contributed by atoms with van der Waals surface area (Å²) in [4.78, 5) is 57.8. The van der Waals surface area contributed by atoms with Crippen molar-refractivity contribution in [1.29, 1.82) is 0 Å². The van der Waals surface area contributed by atoms with Crippen LogP contribution in [0.1, 0.15) is 84.6 Å². The Kier molecular flexibility index (Phi) is 8.28. The van der Waals surface area contributed by atoms with E-state index in [2.05, 4.69) is 16.6 Å². The van der Waals surface area contributed by atoms with Crippen molar-refractivity contribution >= 4 is 51.0 Å². The van der Waals surface area contributed by atoms with Crippen molar-refractivity contribution in [3.63, 3.8) is 0 Å². The topological polar surface area (TPSA) is 104 Å². The monoisotopic (exact) mass is 632 g/mol. The van der Waals surface area contributed by atoms with Crippen LogP contribution in [0.15, 0.2) is 71.9 Å². The summed E-state index contributed by atoms with van der Waals surface area (Å²) in [5, 5.41) is 5.74. The van der Waals surface area contributed by atoms with Crippen molar-refractivity contribution in [2.75, 3.05) is 7.11 Å². The standard InChI is InChI=1S/C39H40N2O6/c1-3-41-33-12-9-28(37(44)32(11-14-35(42)46-2)40-47-36(43)18-24-7-5-4-6-8-24)19-30(33)31-20-29(10-13-34(31)41)38(45)39-21-25-15-26(22-39)17-27(16-25)23-39/h4-10,12-13,19-20,25-27H,3,11,14-18,21-23H2,1-2H3/b40-32-. The van der Waals surface area contributed by atoms with E-state index in [1.807, 2.05) is 48.5 Å². The lowest BCUT2D eigenvalue weighted by molar-refractivity contribution is -0.142. The largest absolute Gasteiger partial charge is 0.469 e. The Balaban J connectivity index is 1.21. The first kappa shape index (κ1) is 31.0. The molecule has 4 fully saturated rings. The number of ether oxygens (including phenoxy) is 1. The molecule has 242 valence electrons. The maximum atomic E-state index is 14.3. The minimum atomic E-state index is -0.614. The van der Waals surface area contributed by atoms with Gasteiger partial charge in [-0.1, -0.05) is 35.5 Å². The van der Waals surface area contributed by atoms with Crippen LogP contribution in [0, 0.1) is 23.2 Å². The molecule has 4 aliphatic rings. The Labute approximate surface area is 274 Å². The minimum Gasteiger partial charge on any atom is -0.469 e. The van der Waals surface area contributed by atoms with Gasteiger partial charge in [0.1, 0.15) is 5.71 Å². The van der Waals surface area contributed by atoms with Crippen LogP contribution in [0.2, 0.25) is 0 Å². The molecule has 8 nitrogen and oxygen atoms in total. The number of oxime groups is 1. The molecule has 8 heteroatoms. The number of hydrogen-bond donors (Lipinski definition) is 0. The summed E-state index contributed by atoms with van der Waals surface area (Å²) in [6, 6.07) is 20.6. The molecule has 4 bridgehead atoms. The lowest BCUT2D eigenvalue weighted by atomic mass is 9.48. The molecule has 3 aromatic carbocycles. The van der Waals surface area contributed by atoms with E-state index in [1.165, 1.54) is 26.4 Å². The molecule has 47 heavy (non-hydrogen) atoms. The van der Waals surface area contributed by atoms with Gasteiger partial charge in [-0.25, -0.2) is 4.79 Å². The van der Waals surface area contributed by atoms with Crippen LogP contribution in [-0.2, 0) is 32.1 Å². The second-order valence-corrected chi connectivity index (χ2v) is 13.8. The number of ketones is 2. The quantitative estimate of drug-likeness (QED) is 0.0558. The van der Waals surface area contributed by atoms with E-state index in [1.54, 1.807) is 18.2 Å². The molecule has 4 saturated carbocycles. The lowest BCUT2D eigenvalue weighted by Crippen LogP contribution is -2.50. The summed E-state index contributed by atoms with van der Waals surface area (Å²) in [5.74, 6) is 0.752. The van der Waals surface area contributed by atoms with E-state index in [0.29, 0.717) is 23.3 Å². The molecule has 4 aromatic rings. The van der Waals surface area contributed by atoms with Crippen LogP contribution in [0.3, 0.4) is 0 Å². The summed E-state index contributed by atoms with van der Waals surface area (Å²) in [6.07, 6.45) is 6.72. The number of Topliss-reactive ketones (excluding diaryl/α,β-unsaturated/α-hetero) is 2. The second-order valence-electron chi connectivity index (χ2n) is 13.8. The number of benzene rings is 3. The second kappa shape index (κ2) is 12.5. The van der Waals surface area contributed by atoms with Gasteiger partial charge in [-0.3, -0.25) is 14.4 Å². The van der Waals surface area contributed by atoms with Gasteiger partial charge in [-0.2, -0.15) is 0 Å². The van der Waals surface area contributed by atoms with Crippen molar-refractivity contribution in [3.8, 4) is 0 Å². The van der Waals surface area contributed by atoms with Crippen LogP contribution in [-0.4, -0.2) is 40.9 Å². The third-order valence-corrected chi connectivity index (χ3v) is 10.7. The smallest absolute Gasteiger partial charge is 0.339 e. The number of methoxy groups -OCH3 is 1. The van der Waals surface area contributed by atoms with Gasteiger partial charge in [-0.15, -0.1) is 0 Å². The van der Waals surface area contributed by atoms with Gasteiger partial charge in [-0.05, 0) is 105 Å². The molecule has 0 saturated heterocycles. The molecule has 0 N–H and O–H groups in total. The van der Waals surface area contributed by atoms with Crippen LogP contribution in [0.4, 0.5) is 0 Å². The maximum Gasteiger partial charge on any atom is 0.339 e. The van der Waals surface area contributed by atoms with Gasteiger partial charge < -0.3 is 14.1 Å². The molecule has 1 heterocycles. The van der Waals surface area contributed by atoms with E-state index in [4.69, 9.17) is 9.57 Å². The Morgan fingerprint density at radius 3 is 1.98 bits per heavy atom. The molecule has 4 aliphatic carbocycles. The van der Waals surface area contributed by atoms with Crippen molar-refractivity contribution in [2.45, 2.75) is 71.3 Å². The average Bonchev–Trinajstić information content (AvgIpc) is 3.39. The van der Waals surface area contributed by atoms with E-state index in [0.717, 1.165) is 58.7 Å². The first-order valence-corrected chi connectivity index (χ1v) is 16.8. The molecule has 0 unspecified atom stereocenters. The number of nitrogens with zero attached hydrogens (tertiary/aromatic N) is 2. The van der Waals surface area contributed by atoms with Crippen molar-refractivity contribution < 1.29 is 28.8 Å².